The maximum Gasteiger partial charge on any atom is 0.310 e. The van der Waals surface area contributed by atoms with Gasteiger partial charge in [-0.25, -0.2) is 0 Å². The van der Waals surface area contributed by atoms with Crippen molar-refractivity contribution in [1.82, 2.24) is 0 Å². The molecule has 1 heterocycles. The molecule has 0 aromatic carbocycles. The molecule has 194 valence electrons. The number of carbonyl (C=O) groups excluding carboxylic acids is 1. The van der Waals surface area contributed by atoms with E-state index in [-0.39, 0.29) is 45.6 Å². The standard InChI is InChI=1S/C32H48O3/c1-19(2)20(3)7-8-21(4)23-9-10-25-29(23,5)13-12-26-30(6)14-11-22(33)17-31(30)15-16-32(25,26)27-24(31)18-35-28(27)34/h7-8,15-16,19-27,33H,9-14,17-18H2,1-6H3/t20-,21+,22-,23+,24?,25+,26+,27?,29+,30+,31-,32-/m0/s1. The fourth-order valence-corrected chi connectivity index (χ4v) is 11.3. The van der Waals surface area contributed by atoms with Crippen LogP contribution in [0.2, 0.25) is 0 Å². The summed E-state index contributed by atoms with van der Waals surface area (Å²) in [5.74, 6) is 3.91. The molecule has 2 bridgehead atoms. The predicted octanol–water partition coefficient (Wildman–Crippen LogP) is 6.81. The lowest BCUT2D eigenvalue weighted by Gasteiger charge is -2.74. The first kappa shape index (κ1) is 24.3. The summed E-state index contributed by atoms with van der Waals surface area (Å²) in [7, 11) is 0. The molecule has 0 radical (unpaired) electrons. The topological polar surface area (TPSA) is 46.5 Å². The van der Waals surface area contributed by atoms with Crippen LogP contribution in [-0.4, -0.2) is 23.8 Å². The number of hydrogen-bond donors (Lipinski definition) is 1. The lowest BCUT2D eigenvalue weighted by atomic mass is 9.28. The second kappa shape index (κ2) is 7.71. The molecule has 2 spiro atoms. The minimum atomic E-state index is -0.250. The smallest absolute Gasteiger partial charge is 0.310 e. The molecule has 0 amide bonds. The number of carbonyl (C=O) groups is 1. The lowest BCUT2D eigenvalue weighted by Crippen LogP contribution is -2.72. The molecule has 7 aliphatic rings. The van der Waals surface area contributed by atoms with Gasteiger partial charge in [-0.05, 0) is 91.3 Å². The van der Waals surface area contributed by atoms with Crippen molar-refractivity contribution in [1.29, 1.82) is 0 Å². The van der Waals surface area contributed by atoms with Crippen LogP contribution in [0.25, 0.3) is 0 Å². The monoisotopic (exact) mass is 480 g/mol. The first-order chi connectivity index (χ1) is 16.5. The van der Waals surface area contributed by atoms with Crippen LogP contribution in [0.15, 0.2) is 24.3 Å². The summed E-state index contributed by atoms with van der Waals surface area (Å²) in [6, 6.07) is 0. The fourth-order valence-electron chi connectivity index (χ4n) is 11.3. The van der Waals surface area contributed by atoms with Crippen LogP contribution < -0.4 is 0 Å². The second-order valence-electron chi connectivity index (χ2n) is 14.6. The van der Waals surface area contributed by atoms with E-state index in [1.54, 1.807) is 0 Å². The molecule has 0 aromatic rings. The molecule has 1 saturated heterocycles. The van der Waals surface area contributed by atoms with E-state index in [0.29, 0.717) is 42.1 Å². The van der Waals surface area contributed by atoms with Crippen molar-refractivity contribution in [3.05, 3.63) is 24.3 Å². The third-order valence-corrected chi connectivity index (χ3v) is 13.3. The van der Waals surface area contributed by atoms with E-state index in [0.717, 1.165) is 19.3 Å². The number of cyclic esters (lactones) is 1. The molecular weight excluding hydrogens is 432 g/mol. The molecule has 3 heteroatoms. The molecule has 35 heavy (non-hydrogen) atoms. The Hall–Kier alpha value is -1.09. The van der Waals surface area contributed by atoms with E-state index >= 15 is 0 Å². The van der Waals surface area contributed by atoms with Crippen molar-refractivity contribution in [2.45, 2.75) is 92.6 Å². The third-order valence-electron chi connectivity index (χ3n) is 13.3. The first-order valence-corrected chi connectivity index (χ1v) is 14.7. The Morgan fingerprint density at radius 2 is 1.77 bits per heavy atom. The minimum Gasteiger partial charge on any atom is -0.465 e. The highest BCUT2D eigenvalue weighted by molar-refractivity contribution is 5.78. The van der Waals surface area contributed by atoms with Gasteiger partial charge in [-0.15, -0.1) is 0 Å². The van der Waals surface area contributed by atoms with Crippen LogP contribution in [0.1, 0.15) is 86.5 Å². The van der Waals surface area contributed by atoms with E-state index < -0.39 is 0 Å². The van der Waals surface area contributed by atoms with Crippen LogP contribution in [0.5, 0.6) is 0 Å². The number of fused-ring (bicyclic) bond motifs is 1. The largest absolute Gasteiger partial charge is 0.465 e. The Balaban J connectivity index is 1.42. The number of rotatable bonds is 4. The quantitative estimate of drug-likeness (QED) is 0.355. The van der Waals surface area contributed by atoms with Gasteiger partial charge >= 0.3 is 5.97 Å². The summed E-state index contributed by atoms with van der Waals surface area (Å²) in [6.45, 7) is 15.1. The summed E-state index contributed by atoms with van der Waals surface area (Å²) >= 11 is 0. The minimum absolute atomic E-state index is 0.00828. The Morgan fingerprint density at radius 1 is 1.00 bits per heavy atom. The third kappa shape index (κ3) is 2.86. The molecule has 1 aliphatic heterocycles. The van der Waals surface area contributed by atoms with Crippen LogP contribution in [0, 0.1) is 69.0 Å². The van der Waals surface area contributed by atoms with Crippen molar-refractivity contribution in [3.63, 3.8) is 0 Å². The van der Waals surface area contributed by atoms with Crippen molar-refractivity contribution < 1.29 is 14.6 Å². The molecule has 2 unspecified atom stereocenters. The zero-order valence-corrected chi connectivity index (χ0v) is 22.9. The molecular formula is C32H48O3. The average Bonchev–Trinajstić information content (AvgIpc) is 3.39. The molecule has 7 rings (SSSR count). The molecule has 12 atom stereocenters. The summed E-state index contributed by atoms with van der Waals surface area (Å²) in [5, 5.41) is 10.8. The number of allylic oxidation sites excluding steroid dienone is 4. The van der Waals surface area contributed by atoms with Crippen molar-refractivity contribution >= 4 is 5.97 Å². The van der Waals surface area contributed by atoms with Crippen molar-refractivity contribution in [2.24, 2.45) is 69.0 Å². The normalized spacial score (nSPS) is 53.8. The van der Waals surface area contributed by atoms with E-state index in [9.17, 15) is 9.90 Å². The Morgan fingerprint density at radius 3 is 2.51 bits per heavy atom. The number of aliphatic hydroxyl groups is 1. The number of ether oxygens (including phenoxy) is 1. The zero-order valence-electron chi connectivity index (χ0n) is 22.9. The molecule has 1 N–H and O–H groups in total. The molecule has 6 aliphatic carbocycles. The van der Waals surface area contributed by atoms with Gasteiger partial charge in [0.25, 0.3) is 0 Å². The molecule has 5 fully saturated rings. The van der Waals surface area contributed by atoms with Crippen LogP contribution in [0.3, 0.4) is 0 Å². The zero-order chi connectivity index (χ0) is 25.0. The van der Waals surface area contributed by atoms with Gasteiger partial charge in [-0.2, -0.15) is 0 Å². The van der Waals surface area contributed by atoms with Gasteiger partial charge in [-0.3, -0.25) is 4.79 Å². The van der Waals surface area contributed by atoms with Crippen LogP contribution in [-0.2, 0) is 9.53 Å². The van der Waals surface area contributed by atoms with Gasteiger partial charge in [0.05, 0.1) is 18.6 Å². The molecule has 3 nitrogen and oxygen atoms in total. The Labute approximate surface area is 213 Å². The van der Waals surface area contributed by atoms with Crippen molar-refractivity contribution in [3.8, 4) is 0 Å². The molecule has 4 saturated carbocycles. The maximum atomic E-state index is 13.5. The number of aliphatic hydroxyl groups excluding tert-OH is 1. The summed E-state index contributed by atoms with van der Waals surface area (Å²) in [4.78, 5) is 13.5. The first-order valence-electron chi connectivity index (χ1n) is 14.7. The van der Waals surface area contributed by atoms with E-state index in [4.69, 9.17) is 4.74 Å². The summed E-state index contributed by atoms with van der Waals surface area (Å²) in [5.41, 5.74) is 0.283. The average molecular weight is 481 g/mol. The maximum absolute atomic E-state index is 13.5. The molecule has 0 aromatic heterocycles. The Kier molecular flexibility index (Phi) is 5.35. The van der Waals surface area contributed by atoms with Crippen LogP contribution in [0.4, 0.5) is 0 Å². The van der Waals surface area contributed by atoms with Gasteiger partial charge in [-0.1, -0.05) is 65.8 Å². The predicted molar refractivity (Wildman–Crippen MR) is 139 cm³/mol. The highest BCUT2D eigenvalue weighted by Crippen LogP contribution is 2.82. The Bertz CT molecular complexity index is 950. The van der Waals surface area contributed by atoms with E-state index in [2.05, 4.69) is 65.8 Å². The highest BCUT2D eigenvalue weighted by atomic mass is 16.5. The SMILES string of the molecule is CC(C)[C@@H](C)C=C[C@@H](C)[C@H]1CC[C@@H]2[C@]1(C)CC[C@H]1[C@]23C=C[C@]2(C[C@@H](O)CC[C@]12C)C1COC(=O)C13. The van der Waals surface area contributed by atoms with Gasteiger partial charge < -0.3 is 9.84 Å². The van der Waals surface area contributed by atoms with E-state index in [1.165, 1.54) is 25.7 Å². The van der Waals surface area contributed by atoms with Crippen molar-refractivity contribution in [2.75, 3.05) is 6.61 Å². The van der Waals surface area contributed by atoms with Gasteiger partial charge in [0, 0.05) is 16.7 Å². The van der Waals surface area contributed by atoms with E-state index in [1.807, 2.05) is 0 Å². The lowest BCUT2D eigenvalue weighted by molar-refractivity contribution is -0.242. The summed E-state index contributed by atoms with van der Waals surface area (Å²) in [6.07, 6.45) is 17.6. The second-order valence-corrected chi connectivity index (χ2v) is 14.6. The number of hydrogen-bond acceptors (Lipinski definition) is 3. The van der Waals surface area contributed by atoms with Crippen LogP contribution >= 0.6 is 0 Å². The highest BCUT2D eigenvalue weighted by Gasteiger charge is 2.79. The number of esters is 1. The van der Waals surface area contributed by atoms with Gasteiger partial charge in [0.15, 0.2) is 0 Å². The fraction of sp³-hybridized carbons (Fsp3) is 0.844. The van der Waals surface area contributed by atoms with Gasteiger partial charge in [0.1, 0.15) is 0 Å². The van der Waals surface area contributed by atoms with Gasteiger partial charge in [0.2, 0.25) is 0 Å². The summed E-state index contributed by atoms with van der Waals surface area (Å²) < 4.78 is 5.92.